The summed E-state index contributed by atoms with van der Waals surface area (Å²) in [6.45, 7) is 0. The summed E-state index contributed by atoms with van der Waals surface area (Å²) in [4.78, 5) is 10.1. The van der Waals surface area contributed by atoms with Crippen LogP contribution in [0.5, 0.6) is 0 Å². The number of allylic oxidation sites excluding steroid dienone is 2. The summed E-state index contributed by atoms with van der Waals surface area (Å²) in [6.07, 6.45) is 7.59. The Hall–Kier alpha value is -6.40. The fourth-order valence-electron chi connectivity index (χ4n) is 6.90. The zero-order chi connectivity index (χ0) is 32.0. The molecule has 230 valence electrons. The maximum absolute atomic E-state index is 6.81. The van der Waals surface area contributed by atoms with Crippen molar-refractivity contribution in [1.82, 2.24) is 9.88 Å². The van der Waals surface area contributed by atoms with Gasteiger partial charge < -0.3 is 15.5 Å². The molecule has 2 atom stereocenters. The van der Waals surface area contributed by atoms with Gasteiger partial charge in [-0.1, -0.05) is 127 Å². The lowest BCUT2D eigenvalue weighted by Gasteiger charge is -2.26. The number of nitrogens with one attached hydrogen (secondary N) is 1. The van der Waals surface area contributed by atoms with E-state index in [4.69, 9.17) is 20.1 Å². The minimum atomic E-state index is -0.552. The van der Waals surface area contributed by atoms with Crippen molar-refractivity contribution < 1.29 is 4.42 Å². The number of aliphatic imine (C=N–C) groups is 2. The summed E-state index contributed by atoms with van der Waals surface area (Å²) in [5, 5.41) is 10.4. The number of fused-ring (bicyclic) bond motifs is 8. The standard InChI is InChI=1S/C42H31N5O/c43-41(34-19-10-15-28-14-4-5-16-29(28)34)46-42(44-26-27-12-2-1-3-13-27)35-20-11-23-38(45-35)47-36-21-8-6-17-30(36)32-24-25-33-31-18-7-9-22-37(31)48-40(33)39(32)47/h1-26,35,42,45H,(H2,43,46)/b44-26+. The van der Waals surface area contributed by atoms with Crippen LogP contribution in [-0.2, 0) is 0 Å². The molecule has 2 unspecified atom stereocenters. The molecular formula is C42H31N5O. The van der Waals surface area contributed by atoms with Gasteiger partial charge >= 0.3 is 0 Å². The normalized spacial score (nSPS) is 16.0. The molecule has 3 N–H and O–H groups in total. The van der Waals surface area contributed by atoms with E-state index >= 15 is 0 Å². The Balaban J connectivity index is 1.18. The van der Waals surface area contributed by atoms with Crippen molar-refractivity contribution in [1.29, 1.82) is 0 Å². The number of hydrogen-bond acceptors (Lipinski definition) is 4. The van der Waals surface area contributed by atoms with Crippen LogP contribution in [0.4, 0.5) is 0 Å². The van der Waals surface area contributed by atoms with Crippen molar-refractivity contribution in [3.05, 3.63) is 163 Å². The number of rotatable bonds is 6. The molecule has 8 aromatic rings. The number of dihydropyridines is 1. The van der Waals surface area contributed by atoms with Gasteiger partial charge in [0.15, 0.2) is 11.7 Å². The molecule has 0 saturated heterocycles. The van der Waals surface area contributed by atoms with Crippen molar-refractivity contribution in [3.8, 4) is 0 Å². The zero-order valence-electron chi connectivity index (χ0n) is 26.0. The van der Waals surface area contributed by atoms with Gasteiger partial charge in [-0.25, -0.2) is 4.99 Å². The Labute approximate surface area is 276 Å². The number of benzene rings is 6. The van der Waals surface area contributed by atoms with Gasteiger partial charge in [0.25, 0.3) is 0 Å². The molecule has 6 aromatic carbocycles. The van der Waals surface area contributed by atoms with E-state index in [0.717, 1.165) is 71.5 Å². The van der Waals surface area contributed by atoms with Crippen molar-refractivity contribution in [2.45, 2.75) is 12.2 Å². The van der Waals surface area contributed by atoms with E-state index in [9.17, 15) is 0 Å². The predicted octanol–water partition coefficient (Wildman–Crippen LogP) is 9.02. The highest BCUT2D eigenvalue weighted by Gasteiger charge is 2.25. The SMILES string of the molecule is N/C(=N\C(/N=C/c1ccccc1)C1C=CC=C(n2c3ccccc3c3ccc4c5ccccc5oc4c32)N1)c1cccc2ccccc12. The van der Waals surface area contributed by atoms with Gasteiger partial charge in [0, 0.05) is 33.3 Å². The third kappa shape index (κ3) is 4.65. The predicted molar refractivity (Wildman–Crippen MR) is 200 cm³/mol. The third-order valence-electron chi connectivity index (χ3n) is 9.14. The maximum atomic E-state index is 6.81. The van der Waals surface area contributed by atoms with Crippen molar-refractivity contribution in [3.63, 3.8) is 0 Å². The van der Waals surface area contributed by atoms with Gasteiger partial charge in [-0.3, -0.25) is 9.56 Å². The molecular weight excluding hydrogens is 590 g/mol. The monoisotopic (exact) mass is 621 g/mol. The number of para-hydroxylation sites is 2. The van der Waals surface area contributed by atoms with E-state index in [0.29, 0.717) is 5.84 Å². The van der Waals surface area contributed by atoms with Crippen molar-refractivity contribution in [2.75, 3.05) is 0 Å². The van der Waals surface area contributed by atoms with Crippen LogP contribution in [0.2, 0.25) is 0 Å². The Morgan fingerprint density at radius 1 is 0.729 bits per heavy atom. The Bertz CT molecular complexity index is 2620. The quantitative estimate of drug-likeness (QED) is 0.144. The lowest BCUT2D eigenvalue weighted by Crippen LogP contribution is -2.39. The van der Waals surface area contributed by atoms with E-state index in [1.165, 1.54) is 0 Å². The maximum Gasteiger partial charge on any atom is 0.165 e. The lowest BCUT2D eigenvalue weighted by atomic mass is 10.0. The minimum Gasteiger partial charge on any atom is -0.454 e. The highest BCUT2D eigenvalue weighted by atomic mass is 16.3. The average molecular weight is 622 g/mol. The molecule has 6 nitrogen and oxygen atoms in total. The van der Waals surface area contributed by atoms with Crippen molar-refractivity contribution in [2.24, 2.45) is 15.7 Å². The number of nitrogens with two attached hydrogens (primary N) is 1. The molecule has 1 aliphatic heterocycles. The molecule has 3 heterocycles. The Morgan fingerprint density at radius 2 is 1.46 bits per heavy atom. The van der Waals surface area contributed by atoms with Crippen LogP contribution in [0.3, 0.4) is 0 Å². The molecule has 0 radical (unpaired) electrons. The highest BCUT2D eigenvalue weighted by molar-refractivity contribution is 6.22. The first kappa shape index (κ1) is 27.9. The summed E-state index contributed by atoms with van der Waals surface area (Å²) < 4.78 is 8.84. The van der Waals surface area contributed by atoms with Gasteiger partial charge in [0.05, 0.1) is 17.1 Å². The summed E-state index contributed by atoms with van der Waals surface area (Å²) in [7, 11) is 0. The van der Waals surface area contributed by atoms with E-state index < -0.39 is 6.17 Å². The van der Waals surface area contributed by atoms with E-state index in [2.05, 4.69) is 94.8 Å². The first-order chi connectivity index (χ1) is 23.7. The molecule has 2 aromatic heterocycles. The molecule has 0 aliphatic carbocycles. The molecule has 6 heteroatoms. The van der Waals surface area contributed by atoms with Crippen molar-refractivity contribution >= 4 is 72.4 Å². The molecule has 0 fully saturated rings. The van der Waals surface area contributed by atoms with Crippen LogP contribution >= 0.6 is 0 Å². The molecule has 48 heavy (non-hydrogen) atoms. The fourth-order valence-corrected chi connectivity index (χ4v) is 6.90. The van der Waals surface area contributed by atoms with Gasteiger partial charge in [-0.2, -0.15) is 0 Å². The Morgan fingerprint density at radius 3 is 2.35 bits per heavy atom. The largest absolute Gasteiger partial charge is 0.454 e. The van der Waals surface area contributed by atoms with Crippen LogP contribution in [-0.4, -0.2) is 28.8 Å². The van der Waals surface area contributed by atoms with Crippen LogP contribution < -0.4 is 11.1 Å². The third-order valence-corrected chi connectivity index (χ3v) is 9.14. The summed E-state index contributed by atoms with van der Waals surface area (Å²) in [5.74, 6) is 1.34. The smallest absolute Gasteiger partial charge is 0.165 e. The lowest BCUT2D eigenvalue weighted by molar-refractivity contribution is 0.564. The molecule has 0 saturated carbocycles. The second-order valence-electron chi connectivity index (χ2n) is 12.0. The molecule has 9 rings (SSSR count). The fraction of sp³-hybridized carbons (Fsp3) is 0.0476. The van der Waals surface area contributed by atoms with Crippen LogP contribution in [0.1, 0.15) is 11.1 Å². The minimum absolute atomic E-state index is 0.287. The van der Waals surface area contributed by atoms with Gasteiger partial charge in [-0.05, 0) is 40.6 Å². The number of amidine groups is 1. The van der Waals surface area contributed by atoms with Crippen LogP contribution in [0.25, 0.3) is 60.3 Å². The number of hydrogen-bond donors (Lipinski definition) is 2. The van der Waals surface area contributed by atoms with E-state index in [1.54, 1.807) is 0 Å². The first-order valence-corrected chi connectivity index (χ1v) is 16.1. The summed E-state index contributed by atoms with van der Waals surface area (Å²) in [6, 6.07) is 45.2. The number of furan rings is 1. The number of aromatic nitrogens is 1. The molecule has 0 bridgehead atoms. The second kappa shape index (κ2) is 11.4. The van der Waals surface area contributed by atoms with Gasteiger partial charge in [-0.15, -0.1) is 0 Å². The summed E-state index contributed by atoms with van der Waals surface area (Å²) in [5.41, 5.74) is 12.5. The van der Waals surface area contributed by atoms with E-state index in [-0.39, 0.29) is 6.04 Å². The second-order valence-corrected chi connectivity index (χ2v) is 12.0. The first-order valence-electron chi connectivity index (χ1n) is 16.1. The molecule has 0 spiro atoms. The number of nitrogens with zero attached hydrogens (tertiary/aromatic N) is 3. The highest BCUT2D eigenvalue weighted by Crippen LogP contribution is 2.40. The van der Waals surface area contributed by atoms with Crippen LogP contribution in [0.15, 0.2) is 166 Å². The van der Waals surface area contributed by atoms with Crippen LogP contribution in [0, 0.1) is 0 Å². The molecule has 0 amide bonds. The van der Waals surface area contributed by atoms with Gasteiger partial charge in [0.2, 0.25) is 0 Å². The Kier molecular flexibility index (Phi) is 6.64. The average Bonchev–Trinajstić information content (AvgIpc) is 3.69. The molecule has 1 aliphatic rings. The topological polar surface area (TPSA) is 80.8 Å². The van der Waals surface area contributed by atoms with E-state index in [1.807, 2.05) is 72.9 Å². The van der Waals surface area contributed by atoms with Gasteiger partial charge in [0.1, 0.15) is 17.2 Å². The zero-order valence-corrected chi connectivity index (χ0v) is 26.0. The summed E-state index contributed by atoms with van der Waals surface area (Å²) >= 11 is 0.